The standard InChI is InChI=1S/C32H38N2O.Au.ClH/c1-20(2)24-14-11-15-25(21(3)4)30(24)33-19-34(32(35)28-13-9-10-18-29(28)33)31-26(22(5)6)16-12-17-27(31)23(7)8;;/h9-18,20-23H,1-8H3;;1H/q;+1;/p-1. The van der Waals surface area contributed by atoms with Crippen LogP contribution in [0.15, 0.2) is 65.5 Å². The van der Waals surface area contributed by atoms with E-state index in [-0.39, 0.29) is 17.4 Å². The molecule has 3 aromatic carbocycles. The molecule has 0 unspecified atom stereocenters. The molecule has 4 aromatic rings. The van der Waals surface area contributed by atoms with Gasteiger partial charge in [0, 0.05) is 5.39 Å². The Balaban J connectivity index is 0.00000186. The summed E-state index contributed by atoms with van der Waals surface area (Å²) in [5, 5.41) is 0.702. The van der Waals surface area contributed by atoms with Gasteiger partial charge in [-0.1, -0.05) is 110 Å². The molecule has 0 saturated heterocycles. The van der Waals surface area contributed by atoms with Crippen molar-refractivity contribution < 1.29 is 24.6 Å². The number of benzene rings is 3. The molecule has 200 valence electrons. The Morgan fingerprint density at radius 1 is 0.676 bits per heavy atom. The van der Waals surface area contributed by atoms with Crippen molar-refractivity contribution in [2.75, 3.05) is 0 Å². The van der Waals surface area contributed by atoms with Gasteiger partial charge >= 0.3 is 29.2 Å². The van der Waals surface area contributed by atoms with Crippen LogP contribution in [0.25, 0.3) is 22.3 Å². The third kappa shape index (κ3) is 5.81. The van der Waals surface area contributed by atoms with Crippen molar-refractivity contribution in [1.29, 1.82) is 0 Å². The van der Waals surface area contributed by atoms with Crippen LogP contribution >= 0.6 is 9.19 Å². The first-order valence-electron chi connectivity index (χ1n) is 13.0. The van der Waals surface area contributed by atoms with E-state index < -0.39 is 0 Å². The van der Waals surface area contributed by atoms with E-state index in [1.54, 1.807) is 24.6 Å². The fourth-order valence-corrected chi connectivity index (χ4v) is 5.03. The molecule has 0 aliphatic heterocycles. The van der Waals surface area contributed by atoms with E-state index in [1.165, 1.54) is 11.1 Å². The first kappa shape index (κ1) is 29.4. The van der Waals surface area contributed by atoms with Crippen LogP contribution < -0.4 is 10.1 Å². The van der Waals surface area contributed by atoms with Crippen molar-refractivity contribution in [2.24, 2.45) is 0 Å². The summed E-state index contributed by atoms with van der Waals surface area (Å²) in [6.45, 7) is 17.7. The first-order chi connectivity index (χ1) is 17.6. The summed E-state index contributed by atoms with van der Waals surface area (Å²) in [5.74, 6) is 1.21. The Labute approximate surface area is 238 Å². The Morgan fingerprint density at radius 2 is 1.11 bits per heavy atom. The van der Waals surface area contributed by atoms with Gasteiger partial charge in [0.05, 0.1) is 16.9 Å². The molecule has 0 spiro atoms. The van der Waals surface area contributed by atoms with Crippen molar-refractivity contribution in [1.82, 2.24) is 4.57 Å². The number of nitrogens with zero attached hydrogens (tertiary/aromatic N) is 2. The maximum atomic E-state index is 14.0. The van der Waals surface area contributed by atoms with Crippen LogP contribution in [0.1, 0.15) is 101 Å². The second-order valence-electron chi connectivity index (χ2n) is 10.8. The summed E-state index contributed by atoms with van der Waals surface area (Å²) in [5.41, 5.74) is 7.81. The molecule has 1 heterocycles. The van der Waals surface area contributed by atoms with Crippen LogP contribution in [0, 0.1) is 6.33 Å². The summed E-state index contributed by atoms with van der Waals surface area (Å²) in [6, 6.07) is 20.9. The Kier molecular flexibility index (Phi) is 9.99. The van der Waals surface area contributed by atoms with E-state index in [2.05, 4.69) is 112 Å². The van der Waals surface area contributed by atoms with Gasteiger partial charge in [-0.05, 0) is 52.0 Å². The summed E-state index contributed by atoms with van der Waals surface area (Å²) in [6.07, 6.45) is 3.59. The molecule has 0 amide bonds. The molecular weight excluding hydrogens is 661 g/mol. The molecule has 1 aromatic heterocycles. The SMILES string of the molecule is CC(C)c1cccc(C(C)C)c1-n1[c-][n+](-c2c(C(C)C)cccc2C(C)C)c2ccccc2c1=O.[Cl][Au]. The molecule has 0 atom stereocenters. The summed E-state index contributed by atoms with van der Waals surface area (Å²) in [4.78, 5) is 14.0. The van der Waals surface area contributed by atoms with E-state index in [0.29, 0.717) is 17.2 Å². The number of hydrogen-bond donors (Lipinski definition) is 0. The molecule has 0 aliphatic rings. The molecule has 0 N–H and O–H groups in total. The Morgan fingerprint density at radius 3 is 1.57 bits per heavy atom. The quantitative estimate of drug-likeness (QED) is 0.113. The van der Waals surface area contributed by atoms with Crippen LogP contribution in [0.2, 0.25) is 0 Å². The molecule has 4 rings (SSSR count). The molecule has 3 nitrogen and oxygen atoms in total. The molecular formula is C32H38AuClN2O. The predicted molar refractivity (Wildman–Crippen MR) is 152 cm³/mol. The minimum absolute atomic E-state index is 0.0278. The summed E-state index contributed by atoms with van der Waals surface area (Å²) >= 11 is 1.75. The van der Waals surface area contributed by atoms with Crippen LogP contribution in [-0.4, -0.2) is 4.57 Å². The van der Waals surface area contributed by atoms with E-state index in [1.807, 2.05) is 24.3 Å². The second kappa shape index (κ2) is 12.6. The molecule has 0 aliphatic carbocycles. The number of rotatable bonds is 6. The van der Waals surface area contributed by atoms with Crippen molar-refractivity contribution in [3.63, 3.8) is 0 Å². The van der Waals surface area contributed by atoms with Gasteiger partial charge in [-0.2, -0.15) is 0 Å². The topological polar surface area (TPSA) is 25.9 Å². The number of hydrogen-bond acceptors (Lipinski definition) is 1. The Bertz CT molecular complexity index is 1380. The van der Waals surface area contributed by atoms with Crippen molar-refractivity contribution in [3.05, 3.63) is 99.6 Å². The first-order valence-corrected chi connectivity index (χ1v) is 15.7. The molecule has 5 heteroatoms. The normalized spacial score (nSPS) is 11.5. The molecule has 0 radical (unpaired) electrons. The second-order valence-corrected chi connectivity index (χ2v) is 10.8. The van der Waals surface area contributed by atoms with Gasteiger partial charge in [0.25, 0.3) is 11.9 Å². The molecule has 37 heavy (non-hydrogen) atoms. The molecule has 0 saturated carbocycles. The van der Waals surface area contributed by atoms with Crippen molar-refractivity contribution >= 4 is 20.1 Å². The van der Waals surface area contributed by atoms with E-state index in [0.717, 1.165) is 28.0 Å². The zero-order valence-corrected chi connectivity index (χ0v) is 26.0. The van der Waals surface area contributed by atoms with Gasteiger partial charge in [0.1, 0.15) is 0 Å². The minimum atomic E-state index is -0.0278. The van der Waals surface area contributed by atoms with E-state index >= 15 is 0 Å². The van der Waals surface area contributed by atoms with Gasteiger partial charge in [-0.15, -0.1) is 0 Å². The fourth-order valence-electron chi connectivity index (χ4n) is 5.03. The van der Waals surface area contributed by atoms with Crippen LogP contribution in [0.5, 0.6) is 0 Å². The van der Waals surface area contributed by atoms with E-state index in [4.69, 9.17) is 0 Å². The summed E-state index contributed by atoms with van der Waals surface area (Å²) in [7, 11) is 4.58. The zero-order valence-electron chi connectivity index (χ0n) is 23.1. The van der Waals surface area contributed by atoms with Crippen molar-refractivity contribution in [2.45, 2.75) is 79.1 Å². The monoisotopic (exact) mass is 698 g/mol. The van der Waals surface area contributed by atoms with Crippen LogP contribution in [0.4, 0.5) is 0 Å². The third-order valence-electron chi connectivity index (χ3n) is 6.91. The predicted octanol–water partition coefficient (Wildman–Crippen LogP) is 8.25. The van der Waals surface area contributed by atoms with Crippen LogP contribution in [0.3, 0.4) is 0 Å². The van der Waals surface area contributed by atoms with Gasteiger partial charge in [0.15, 0.2) is 0 Å². The number of fused-ring (bicyclic) bond motifs is 1. The van der Waals surface area contributed by atoms with Crippen LogP contribution in [-0.2, 0) is 20.0 Å². The number of aromatic nitrogens is 2. The van der Waals surface area contributed by atoms with Gasteiger partial charge < -0.3 is 0 Å². The van der Waals surface area contributed by atoms with Gasteiger partial charge in [-0.3, -0.25) is 13.9 Å². The van der Waals surface area contributed by atoms with E-state index in [9.17, 15) is 4.79 Å². The average molecular weight is 699 g/mol. The third-order valence-corrected chi connectivity index (χ3v) is 6.91. The number of para-hydroxylation sites is 3. The van der Waals surface area contributed by atoms with Crippen molar-refractivity contribution in [3.8, 4) is 11.4 Å². The van der Waals surface area contributed by atoms with Gasteiger partial charge in [0.2, 0.25) is 0 Å². The fraction of sp³-hybridized carbons (Fsp3) is 0.375. The average Bonchev–Trinajstić information content (AvgIpc) is 2.89. The van der Waals surface area contributed by atoms with Gasteiger partial charge in [-0.25, -0.2) is 0 Å². The zero-order chi connectivity index (χ0) is 27.4. The molecule has 0 fully saturated rings. The Hall–Kier alpha value is -2.17. The maximum absolute atomic E-state index is 14.0. The number of halogens is 1. The summed E-state index contributed by atoms with van der Waals surface area (Å²) < 4.78 is 3.93. The molecule has 0 bridgehead atoms.